The van der Waals surface area contributed by atoms with Crippen LogP contribution in [0.4, 0.5) is 0 Å². The van der Waals surface area contributed by atoms with Crippen LogP contribution >= 0.6 is 0 Å². The van der Waals surface area contributed by atoms with Crippen LogP contribution in [0.1, 0.15) is 64.7 Å². The maximum atomic E-state index is 11.2. The lowest BCUT2D eigenvalue weighted by Crippen LogP contribution is -2.05. The molecule has 0 saturated heterocycles. The molecule has 0 aliphatic rings. The van der Waals surface area contributed by atoms with Crippen LogP contribution in [0.5, 0.6) is 0 Å². The lowest BCUT2D eigenvalue weighted by Gasteiger charge is -2.03. The van der Waals surface area contributed by atoms with Gasteiger partial charge in [0.25, 0.3) is 0 Å². The van der Waals surface area contributed by atoms with Gasteiger partial charge in [0.1, 0.15) is 0 Å². The largest absolute Gasteiger partial charge is 0.466 e. The fraction of sp³-hybridized carbons (Fsp3) is 0.846. The number of hydrogen-bond acceptors (Lipinski definition) is 3. The van der Waals surface area contributed by atoms with Gasteiger partial charge < -0.3 is 4.74 Å². The van der Waals surface area contributed by atoms with Gasteiger partial charge >= 0.3 is 5.97 Å². The van der Waals surface area contributed by atoms with Crippen molar-refractivity contribution in [2.75, 3.05) is 6.61 Å². The lowest BCUT2D eigenvalue weighted by atomic mass is 10.1. The summed E-state index contributed by atoms with van der Waals surface area (Å²) < 4.78 is 5.05. The fourth-order valence-corrected chi connectivity index (χ4v) is 1.41. The van der Waals surface area contributed by atoms with E-state index in [4.69, 9.17) is 10.00 Å². The van der Waals surface area contributed by atoms with E-state index in [2.05, 4.69) is 13.0 Å². The van der Waals surface area contributed by atoms with E-state index in [0.29, 0.717) is 19.4 Å². The molecule has 0 aromatic heterocycles. The third kappa shape index (κ3) is 11.0. The van der Waals surface area contributed by atoms with Gasteiger partial charge in [0.2, 0.25) is 0 Å². The van der Waals surface area contributed by atoms with Gasteiger partial charge in [-0.25, -0.2) is 0 Å². The van der Waals surface area contributed by atoms with Crippen molar-refractivity contribution in [1.29, 1.82) is 5.26 Å². The Labute approximate surface area is 98.8 Å². The molecule has 0 radical (unpaired) electrons. The third-order valence-electron chi connectivity index (χ3n) is 2.43. The number of unbranched alkanes of at least 4 members (excludes halogenated alkanes) is 6. The average molecular weight is 225 g/mol. The maximum Gasteiger partial charge on any atom is 0.305 e. The van der Waals surface area contributed by atoms with Gasteiger partial charge in [-0.15, -0.1) is 0 Å². The Morgan fingerprint density at radius 1 is 1.12 bits per heavy atom. The topological polar surface area (TPSA) is 50.1 Å². The summed E-state index contributed by atoms with van der Waals surface area (Å²) >= 11 is 0. The first-order chi connectivity index (χ1) is 7.81. The van der Waals surface area contributed by atoms with Gasteiger partial charge in [-0.2, -0.15) is 5.26 Å². The molecule has 0 aromatic carbocycles. The second-order valence-corrected chi connectivity index (χ2v) is 4.00. The Bertz CT molecular complexity index is 208. The Balaban J connectivity index is 3.12. The number of ether oxygens (including phenoxy) is 1. The number of hydrogen-bond donors (Lipinski definition) is 0. The van der Waals surface area contributed by atoms with Crippen molar-refractivity contribution in [3.8, 4) is 6.07 Å². The van der Waals surface area contributed by atoms with Crippen molar-refractivity contribution < 1.29 is 9.53 Å². The van der Waals surface area contributed by atoms with Gasteiger partial charge in [-0.1, -0.05) is 32.6 Å². The summed E-state index contributed by atoms with van der Waals surface area (Å²) in [7, 11) is 0. The summed E-state index contributed by atoms with van der Waals surface area (Å²) in [4.78, 5) is 11.2. The van der Waals surface area contributed by atoms with Crippen LogP contribution in [0.2, 0.25) is 0 Å². The van der Waals surface area contributed by atoms with E-state index < -0.39 is 0 Å². The standard InChI is InChI=1S/C13H23NO2/c1-2-3-12-16-13(15)10-8-6-4-5-7-9-11-14/h2-10,12H2,1H3. The Morgan fingerprint density at radius 3 is 2.50 bits per heavy atom. The van der Waals surface area contributed by atoms with Crippen LogP contribution in [0.15, 0.2) is 0 Å². The summed E-state index contributed by atoms with van der Waals surface area (Å²) in [6, 6.07) is 2.13. The molecule has 0 saturated carbocycles. The number of carbonyl (C=O) groups is 1. The van der Waals surface area contributed by atoms with Crippen LogP contribution in [-0.4, -0.2) is 12.6 Å². The number of carbonyl (C=O) groups excluding carboxylic acids is 1. The Morgan fingerprint density at radius 2 is 1.81 bits per heavy atom. The normalized spacial score (nSPS) is 9.75. The highest BCUT2D eigenvalue weighted by Gasteiger charge is 2.01. The lowest BCUT2D eigenvalue weighted by molar-refractivity contribution is -0.143. The molecule has 0 atom stereocenters. The molecule has 0 aliphatic carbocycles. The molecule has 0 aromatic rings. The van der Waals surface area contributed by atoms with Gasteiger partial charge in [-0.05, 0) is 19.3 Å². The molecule has 0 aliphatic heterocycles. The van der Waals surface area contributed by atoms with Crippen molar-refractivity contribution in [1.82, 2.24) is 0 Å². The molecular formula is C13H23NO2. The van der Waals surface area contributed by atoms with E-state index in [1.807, 2.05) is 0 Å². The van der Waals surface area contributed by atoms with Crippen LogP contribution in [0.25, 0.3) is 0 Å². The second kappa shape index (κ2) is 12.0. The molecular weight excluding hydrogens is 202 g/mol. The molecule has 3 nitrogen and oxygen atoms in total. The molecule has 92 valence electrons. The molecule has 3 heteroatoms. The zero-order chi connectivity index (χ0) is 12.1. The van der Waals surface area contributed by atoms with Crippen molar-refractivity contribution in [2.24, 2.45) is 0 Å². The predicted octanol–water partition coefficient (Wildman–Crippen LogP) is 3.58. The first kappa shape index (κ1) is 15.0. The number of nitriles is 1. The maximum absolute atomic E-state index is 11.2. The highest BCUT2D eigenvalue weighted by Crippen LogP contribution is 2.07. The molecule has 0 rings (SSSR count). The van der Waals surface area contributed by atoms with Crippen molar-refractivity contribution in [3.05, 3.63) is 0 Å². The molecule has 0 fully saturated rings. The Hall–Kier alpha value is -1.04. The van der Waals surface area contributed by atoms with Crippen LogP contribution in [0, 0.1) is 11.3 Å². The zero-order valence-electron chi connectivity index (χ0n) is 10.3. The van der Waals surface area contributed by atoms with Crippen LogP contribution < -0.4 is 0 Å². The summed E-state index contributed by atoms with van der Waals surface area (Å²) in [5, 5.41) is 8.33. The van der Waals surface area contributed by atoms with E-state index in [9.17, 15) is 4.79 Å². The van der Waals surface area contributed by atoms with E-state index in [0.717, 1.165) is 44.9 Å². The SMILES string of the molecule is CCCCOC(=O)CCCCCCCC#N. The zero-order valence-corrected chi connectivity index (χ0v) is 10.3. The predicted molar refractivity (Wildman–Crippen MR) is 63.8 cm³/mol. The molecule has 0 spiro atoms. The molecule has 16 heavy (non-hydrogen) atoms. The third-order valence-corrected chi connectivity index (χ3v) is 2.43. The van der Waals surface area contributed by atoms with Crippen LogP contribution in [0.3, 0.4) is 0 Å². The molecule has 0 unspecified atom stereocenters. The smallest absolute Gasteiger partial charge is 0.305 e. The van der Waals surface area contributed by atoms with Gasteiger partial charge in [0.15, 0.2) is 0 Å². The fourth-order valence-electron chi connectivity index (χ4n) is 1.41. The minimum Gasteiger partial charge on any atom is -0.466 e. The molecule has 0 bridgehead atoms. The van der Waals surface area contributed by atoms with Crippen molar-refractivity contribution >= 4 is 5.97 Å². The van der Waals surface area contributed by atoms with E-state index in [1.165, 1.54) is 0 Å². The minimum atomic E-state index is -0.0644. The summed E-state index contributed by atoms with van der Waals surface area (Å²) in [6.07, 6.45) is 8.39. The first-order valence-electron chi connectivity index (χ1n) is 6.33. The van der Waals surface area contributed by atoms with Crippen molar-refractivity contribution in [3.63, 3.8) is 0 Å². The summed E-state index contributed by atoms with van der Waals surface area (Å²) in [5.41, 5.74) is 0. The molecule has 0 N–H and O–H groups in total. The quantitative estimate of drug-likeness (QED) is 0.422. The van der Waals surface area contributed by atoms with E-state index >= 15 is 0 Å². The van der Waals surface area contributed by atoms with Gasteiger partial charge in [0, 0.05) is 12.8 Å². The minimum absolute atomic E-state index is 0.0644. The van der Waals surface area contributed by atoms with Crippen LogP contribution in [-0.2, 0) is 9.53 Å². The summed E-state index contributed by atoms with van der Waals surface area (Å²) in [6.45, 7) is 2.65. The van der Waals surface area contributed by atoms with E-state index in [-0.39, 0.29) is 5.97 Å². The second-order valence-electron chi connectivity index (χ2n) is 4.00. The van der Waals surface area contributed by atoms with E-state index in [1.54, 1.807) is 0 Å². The summed E-state index contributed by atoms with van der Waals surface area (Å²) in [5.74, 6) is -0.0644. The van der Waals surface area contributed by atoms with Gasteiger partial charge in [-0.3, -0.25) is 4.79 Å². The molecule has 0 heterocycles. The van der Waals surface area contributed by atoms with Gasteiger partial charge in [0.05, 0.1) is 12.7 Å². The molecule has 0 amide bonds. The Kier molecular flexibility index (Phi) is 11.2. The van der Waals surface area contributed by atoms with Crippen molar-refractivity contribution in [2.45, 2.75) is 64.7 Å². The first-order valence-corrected chi connectivity index (χ1v) is 6.33. The monoisotopic (exact) mass is 225 g/mol. The highest BCUT2D eigenvalue weighted by atomic mass is 16.5. The number of esters is 1. The number of nitrogens with zero attached hydrogens (tertiary/aromatic N) is 1. The average Bonchev–Trinajstić information content (AvgIpc) is 2.28. The number of rotatable bonds is 10. The highest BCUT2D eigenvalue weighted by molar-refractivity contribution is 5.69.